The highest BCUT2D eigenvalue weighted by molar-refractivity contribution is 6.09. The first-order valence-electron chi connectivity index (χ1n) is 25.1. The van der Waals surface area contributed by atoms with Crippen molar-refractivity contribution in [2.24, 2.45) is 28.2 Å². The van der Waals surface area contributed by atoms with Crippen LogP contribution in [-0.4, -0.2) is 166 Å². The molecule has 0 aliphatic rings. The molecule has 0 radical (unpaired) electrons. The van der Waals surface area contributed by atoms with Gasteiger partial charge in [-0.2, -0.15) is 0 Å². The largest absolute Gasteiger partial charge is 0.377 e. The highest BCUT2D eigenvalue weighted by atomic mass is 16.5. The van der Waals surface area contributed by atoms with Crippen LogP contribution in [0.3, 0.4) is 0 Å². The zero-order chi connectivity index (χ0) is 56.5. The van der Waals surface area contributed by atoms with Gasteiger partial charge in [0.05, 0.1) is 60.6 Å². The van der Waals surface area contributed by atoms with E-state index in [2.05, 4.69) is 42.5 Å². The Kier molecular flexibility index (Phi) is 20.9. The average Bonchev–Trinajstić information content (AvgIpc) is 4.29. The molecule has 0 aliphatic carbocycles. The Bertz CT molecular complexity index is 2870. The molecule has 6 rings (SSSR count). The number of aromatic nitrogens is 6. The van der Waals surface area contributed by atoms with Crippen molar-refractivity contribution in [3.8, 4) is 0 Å². The molecule has 0 aliphatic heterocycles. The summed E-state index contributed by atoms with van der Waals surface area (Å²) in [5, 5.41) is 22.2. The normalized spacial score (nSPS) is 11.2. The van der Waals surface area contributed by atoms with Crippen LogP contribution in [0.15, 0.2) is 73.6 Å². The smallest absolute Gasteiger partial charge is 0.272 e. The highest BCUT2D eigenvalue weighted by Gasteiger charge is 2.22. The number of nitrogens with one attached hydrogen (secondary N) is 8. The van der Waals surface area contributed by atoms with Gasteiger partial charge in [0, 0.05) is 91.6 Å². The molecule has 0 fully saturated rings. The van der Waals surface area contributed by atoms with E-state index in [0.29, 0.717) is 71.4 Å². The molecule has 6 heterocycles. The number of hydrogen-bond donors (Lipinski definition) is 8. The van der Waals surface area contributed by atoms with Crippen LogP contribution in [0.1, 0.15) is 75.8 Å². The van der Waals surface area contributed by atoms with E-state index < -0.39 is 23.6 Å². The van der Waals surface area contributed by atoms with E-state index in [4.69, 9.17) is 9.47 Å². The molecular formula is C52H70N16O10. The fourth-order valence-corrected chi connectivity index (χ4v) is 8.30. The number of anilines is 6. The van der Waals surface area contributed by atoms with E-state index >= 15 is 0 Å². The first-order valence-corrected chi connectivity index (χ1v) is 25.1. The number of amides is 8. The Morgan fingerprint density at radius 1 is 0.423 bits per heavy atom. The van der Waals surface area contributed by atoms with Crippen molar-refractivity contribution >= 4 is 82.4 Å². The Hall–Kier alpha value is -8.72. The molecule has 418 valence electrons. The van der Waals surface area contributed by atoms with Crippen LogP contribution >= 0.6 is 0 Å². The van der Waals surface area contributed by atoms with Gasteiger partial charge in [-0.3, -0.25) is 38.4 Å². The van der Waals surface area contributed by atoms with Gasteiger partial charge < -0.3 is 89.2 Å². The molecule has 0 unspecified atom stereocenters. The van der Waals surface area contributed by atoms with Gasteiger partial charge in [-0.25, -0.2) is 0 Å². The third-order valence-corrected chi connectivity index (χ3v) is 12.2. The summed E-state index contributed by atoms with van der Waals surface area (Å²) >= 11 is 0. The molecule has 0 bridgehead atoms. The minimum Gasteiger partial charge on any atom is -0.377 e. The first kappa shape index (κ1) is 58.5. The van der Waals surface area contributed by atoms with Crippen molar-refractivity contribution < 1.29 is 47.8 Å². The molecule has 0 saturated heterocycles. The minimum absolute atomic E-state index is 0.170. The second kappa shape index (κ2) is 27.9. The molecule has 78 heavy (non-hydrogen) atoms. The second-order valence-corrected chi connectivity index (χ2v) is 18.9. The van der Waals surface area contributed by atoms with Crippen LogP contribution < -0.4 is 42.5 Å². The summed E-state index contributed by atoms with van der Waals surface area (Å²) in [5.74, 6) is -2.44. The summed E-state index contributed by atoms with van der Waals surface area (Å²) in [6, 6.07) is 9.25. The lowest BCUT2D eigenvalue weighted by Crippen LogP contribution is -2.28. The highest BCUT2D eigenvalue weighted by Crippen LogP contribution is 2.22. The summed E-state index contributed by atoms with van der Waals surface area (Å²) in [6.45, 7) is 3.85. The molecule has 26 heteroatoms. The SMILES string of the molecule is CN(C)CCCNC(=O)c1cc(NC(=O)c2cc(NC(=O)c3cc(NC=O)cn3CCOCCOCCn3cc(NC=O)cc3C(=O)Nc3cc(C(=O)Nc4cc(C(=O)NCCCN(C)C)n(C)c4)n(C)c3)cn2C)cn1C. The predicted octanol–water partition coefficient (Wildman–Crippen LogP) is 2.89. The zero-order valence-corrected chi connectivity index (χ0v) is 45.2. The van der Waals surface area contributed by atoms with Crippen LogP contribution in [0.5, 0.6) is 0 Å². The molecule has 6 aromatic rings. The standard InChI is InChI=1S/C52H70N16O10/c1-61(2)13-9-11-53-47(71)41-23-37(27-63(41)5)57-49(73)43-25-39(29-65(43)7)59-51(75)45-21-35(55-33-69)31-67(45)15-17-77-19-20-78-18-16-68-32-36(56-34-70)22-46(68)52(76)60-40-26-44(66(8)30-40)50(74)58-38-24-42(64(6)28-38)48(72)54-12-10-14-62(3)4/h21-34H,9-20H2,1-8H3,(H,53,71)(H,54,72)(H,55,69)(H,56,70)(H,57,73)(H,58,74)(H,59,75)(H,60,76). The van der Waals surface area contributed by atoms with Gasteiger partial charge in [-0.05, 0) is 90.5 Å². The molecule has 0 saturated carbocycles. The summed E-state index contributed by atoms with van der Waals surface area (Å²) in [5.41, 5.74) is 3.98. The molecule has 0 spiro atoms. The lowest BCUT2D eigenvalue weighted by molar-refractivity contribution is -0.106. The van der Waals surface area contributed by atoms with E-state index in [1.54, 1.807) is 105 Å². The van der Waals surface area contributed by atoms with Crippen LogP contribution in [0.4, 0.5) is 34.1 Å². The topological polar surface area (TPSA) is 287 Å². The maximum absolute atomic E-state index is 13.6. The number of ether oxygens (including phenoxy) is 2. The van der Waals surface area contributed by atoms with Crippen molar-refractivity contribution in [1.29, 1.82) is 0 Å². The lowest BCUT2D eigenvalue weighted by atomic mass is 10.3. The summed E-state index contributed by atoms with van der Waals surface area (Å²) < 4.78 is 21.3. The number of aryl methyl sites for hydroxylation is 4. The van der Waals surface area contributed by atoms with E-state index in [0.717, 1.165) is 25.9 Å². The monoisotopic (exact) mass is 1080 g/mol. The molecule has 8 amide bonds. The van der Waals surface area contributed by atoms with Crippen molar-refractivity contribution in [2.75, 3.05) is 113 Å². The number of carbonyl (C=O) groups is 8. The van der Waals surface area contributed by atoms with Gasteiger partial charge in [0.1, 0.15) is 34.2 Å². The van der Waals surface area contributed by atoms with E-state index in [1.807, 2.05) is 38.0 Å². The minimum atomic E-state index is -0.506. The number of nitrogens with zero attached hydrogens (tertiary/aromatic N) is 8. The van der Waals surface area contributed by atoms with Crippen LogP contribution in [0, 0.1) is 0 Å². The van der Waals surface area contributed by atoms with Crippen molar-refractivity contribution in [1.82, 2.24) is 47.8 Å². The van der Waals surface area contributed by atoms with Crippen molar-refractivity contribution in [3.63, 3.8) is 0 Å². The molecule has 6 aromatic heterocycles. The molecule has 26 nitrogen and oxygen atoms in total. The molecular weight excluding hydrogens is 1010 g/mol. The van der Waals surface area contributed by atoms with Gasteiger partial charge in [0.15, 0.2) is 0 Å². The van der Waals surface area contributed by atoms with Crippen LogP contribution in [0.2, 0.25) is 0 Å². The Morgan fingerprint density at radius 3 is 1.03 bits per heavy atom. The third kappa shape index (κ3) is 16.4. The summed E-state index contributed by atoms with van der Waals surface area (Å²) in [6.07, 6.45) is 12.2. The quantitative estimate of drug-likeness (QED) is 0.0231. The molecule has 8 N–H and O–H groups in total. The number of rotatable bonds is 31. The maximum Gasteiger partial charge on any atom is 0.272 e. The van der Waals surface area contributed by atoms with E-state index in [-0.39, 0.29) is 74.1 Å². The Morgan fingerprint density at radius 2 is 0.718 bits per heavy atom. The van der Waals surface area contributed by atoms with Crippen LogP contribution in [-0.2, 0) is 60.3 Å². The third-order valence-electron chi connectivity index (χ3n) is 12.2. The summed E-state index contributed by atoms with van der Waals surface area (Å²) in [7, 11) is 14.6. The van der Waals surface area contributed by atoms with Gasteiger partial charge in [0.25, 0.3) is 35.4 Å². The van der Waals surface area contributed by atoms with Gasteiger partial charge in [-0.1, -0.05) is 0 Å². The van der Waals surface area contributed by atoms with E-state index in [1.165, 1.54) is 24.3 Å². The molecule has 0 atom stereocenters. The van der Waals surface area contributed by atoms with Gasteiger partial charge in [0.2, 0.25) is 12.8 Å². The Labute approximate surface area is 451 Å². The van der Waals surface area contributed by atoms with Gasteiger partial charge >= 0.3 is 0 Å². The fraction of sp³-hybridized carbons (Fsp3) is 0.385. The van der Waals surface area contributed by atoms with E-state index in [9.17, 15) is 38.4 Å². The summed E-state index contributed by atoms with van der Waals surface area (Å²) in [4.78, 5) is 106. The number of carbonyl (C=O) groups excluding carboxylic acids is 8. The first-order chi connectivity index (χ1) is 37.3. The second-order valence-electron chi connectivity index (χ2n) is 18.9. The Balaban J connectivity index is 0.955. The van der Waals surface area contributed by atoms with Crippen molar-refractivity contribution in [3.05, 3.63) is 108 Å². The zero-order valence-electron chi connectivity index (χ0n) is 45.2. The predicted molar refractivity (Wildman–Crippen MR) is 294 cm³/mol. The maximum atomic E-state index is 13.6. The van der Waals surface area contributed by atoms with Crippen molar-refractivity contribution in [2.45, 2.75) is 25.9 Å². The fourth-order valence-electron chi connectivity index (χ4n) is 8.30. The van der Waals surface area contributed by atoms with Gasteiger partial charge in [-0.15, -0.1) is 0 Å². The van der Waals surface area contributed by atoms with Crippen LogP contribution in [0.25, 0.3) is 0 Å². The lowest BCUT2D eigenvalue weighted by Gasteiger charge is -2.11. The number of hydrogen-bond acceptors (Lipinski definition) is 12. The average molecular weight is 1080 g/mol. The molecule has 0 aromatic carbocycles.